The summed E-state index contributed by atoms with van der Waals surface area (Å²) in [6, 6.07) is 27.8. The lowest BCUT2D eigenvalue weighted by atomic mass is 10.00. The molecule has 1 atom stereocenters. The van der Waals surface area contributed by atoms with Crippen LogP contribution in [0.15, 0.2) is 101 Å². The first-order valence-electron chi connectivity index (χ1n) is 10.9. The lowest BCUT2D eigenvalue weighted by Crippen LogP contribution is -2.40. The van der Waals surface area contributed by atoms with Gasteiger partial charge < -0.3 is 21.2 Å². The number of nitrogen functional groups attached to an aromatic ring is 1. The van der Waals surface area contributed by atoms with Crippen molar-refractivity contribution in [3.05, 3.63) is 109 Å². The third-order valence-corrected chi connectivity index (χ3v) is 5.39. The molecule has 5 N–H and O–H groups in total. The third-order valence-electron chi connectivity index (χ3n) is 5.39. The molecule has 8 heteroatoms. The second-order valence-electron chi connectivity index (χ2n) is 7.81. The van der Waals surface area contributed by atoms with Crippen molar-refractivity contribution in [3.63, 3.8) is 0 Å². The van der Waals surface area contributed by atoms with Crippen molar-refractivity contribution in [2.75, 3.05) is 16.0 Å². The average molecular weight is 469 g/mol. The summed E-state index contributed by atoms with van der Waals surface area (Å²) in [7, 11) is 0. The van der Waals surface area contributed by atoms with Gasteiger partial charge in [0.25, 0.3) is 5.91 Å². The van der Waals surface area contributed by atoms with Gasteiger partial charge in [0.2, 0.25) is 11.8 Å². The van der Waals surface area contributed by atoms with Crippen molar-refractivity contribution in [1.82, 2.24) is 0 Å². The van der Waals surface area contributed by atoms with E-state index < -0.39 is 23.6 Å². The quantitative estimate of drug-likeness (QED) is 0.264. The van der Waals surface area contributed by atoms with E-state index in [-0.39, 0.29) is 17.9 Å². The van der Waals surface area contributed by atoms with Crippen LogP contribution in [0.4, 0.5) is 22.7 Å². The molecule has 0 saturated heterocycles. The number of benzene rings is 3. The first-order chi connectivity index (χ1) is 16.9. The highest BCUT2D eigenvalue weighted by Crippen LogP contribution is 2.28. The number of nitrogens with zero attached hydrogens (tertiary/aromatic N) is 1. The maximum Gasteiger partial charge on any atom is 0.291 e. The van der Waals surface area contributed by atoms with Crippen molar-refractivity contribution in [3.8, 4) is 0 Å². The van der Waals surface area contributed by atoms with Gasteiger partial charge in [-0.25, -0.2) is 0 Å². The molecule has 3 amide bonds. The summed E-state index contributed by atoms with van der Waals surface area (Å²) in [4.78, 5) is 40.0. The standard InChI is InChI=1S/C27H24N4O4/c28-22-13-7-8-14-23(22)30-26(33)24-16-15-20(35-24)17-21(25(29)32)27(34)31(18-9-3-1-4-10-18)19-11-5-2-6-12-19/h1-16,21H,17,28H2,(H2,29,32)(H,30,33). The summed E-state index contributed by atoms with van der Waals surface area (Å²) in [5.41, 5.74) is 13.6. The van der Waals surface area contributed by atoms with E-state index in [0.29, 0.717) is 22.7 Å². The molecule has 4 aromatic rings. The molecule has 176 valence electrons. The van der Waals surface area contributed by atoms with Crippen LogP contribution in [0, 0.1) is 5.92 Å². The smallest absolute Gasteiger partial charge is 0.291 e. The molecule has 0 spiro atoms. The number of hydrogen-bond donors (Lipinski definition) is 3. The molecule has 0 fully saturated rings. The molecule has 3 aromatic carbocycles. The normalized spacial score (nSPS) is 11.4. The summed E-state index contributed by atoms with van der Waals surface area (Å²) in [5.74, 6) is -2.74. The summed E-state index contributed by atoms with van der Waals surface area (Å²) in [6.45, 7) is 0. The van der Waals surface area contributed by atoms with E-state index in [1.807, 2.05) is 12.1 Å². The number of carbonyl (C=O) groups excluding carboxylic acids is 3. The highest BCUT2D eigenvalue weighted by molar-refractivity contribution is 6.11. The molecule has 0 aliphatic heterocycles. The van der Waals surface area contributed by atoms with E-state index in [0.717, 1.165) is 0 Å². The monoisotopic (exact) mass is 468 g/mol. The molecule has 35 heavy (non-hydrogen) atoms. The minimum atomic E-state index is -1.22. The first-order valence-corrected chi connectivity index (χ1v) is 10.9. The summed E-state index contributed by atoms with van der Waals surface area (Å²) < 4.78 is 5.65. The molecular formula is C27H24N4O4. The van der Waals surface area contributed by atoms with E-state index >= 15 is 0 Å². The van der Waals surface area contributed by atoms with Gasteiger partial charge in [0.1, 0.15) is 11.7 Å². The van der Waals surface area contributed by atoms with E-state index in [4.69, 9.17) is 15.9 Å². The zero-order chi connectivity index (χ0) is 24.8. The van der Waals surface area contributed by atoms with Gasteiger partial charge in [-0.05, 0) is 48.5 Å². The number of hydrogen-bond acceptors (Lipinski definition) is 5. The predicted molar refractivity (Wildman–Crippen MR) is 134 cm³/mol. The Balaban J connectivity index is 1.57. The molecule has 4 rings (SSSR count). The van der Waals surface area contributed by atoms with Crippen LogP contribution in [-0.4, -0.2) is 17.7 Å². The van der Waals surface area contributed by atoms with Crippen LogP contribution in [-0.2, 0) is 16.0 Å². The zero-order valence-electron chi connectivity index (χ0n) is 18.8. The zero-order valence-corrected chi connectivity index (χ0v) is 18.8. The third kappa shape index (κ3) is 5.39. The maximum absolute atomic E-state index is 13.6. The SMILES string of the molecule is NC(=O)C(Cc1ccc(C(=O)Nc2ccccc2N)o1)C(=O)N(c1ccccc1)c1ccccc1. The van der Waals surface area contributed by atoms with Crippen LogP contribution >= 0.6 is 0 Å². The summed E-state index contributed by atoms with van der Waals surface area (Å²) in [6.07, 6.45) is -0.106. The van der Waals surface area contributed by atoms with E-state index in [1.165, 1.54) is 11.0 Å². The lowest BCUT2D eigenvalue weighted by Gasteiger charge is -2.26. The van der Waals surface area contributed by atoms with Crippen LogP contribution in [0.3, 0.4) is 0 Å². The van der Waals surface area contributed by atoms with Crippen LogP contribution in [0.2, 0.25) is 0 Å². The number of para-hydroxylation sites is 4. The predicted octanol–water partition coefficient (Wildman–Crippen LogP) is 4.12. The number of anilines is 4. The van der Waals surface area contributed by atoms with Gasteiger partial charge in [-0.3, -0.25) is 19.3 Å². The largest absolute Gasteiger partial charge is 0.456 e. The van der Waals surface area contributed by atoms with Gasteiger partial charge in [0.05, 0.1) is 11.4 Å². The Morgan fingerprint density at radius 3 is 1.94 bits per heavy atom. The van der Waals surface area contributed by atoms with E-state index in [2.05, 4.69) is 5.32 Å². The van der Waals surface area contributed by atoms with Crippen molar-refractivity contribution in [2.24, 2.45) is 11.7 Å². The highest BCUT2D eigenvalue weighted by atomic mass is 16.3. The van der Waals surface area contributed by atoms with Crippen molar-refractivity contribution >= 4 is 40.5 Å². The number of carbonyl (C=O) groups is 3. The first kappa shape index (κ1) is 23.3. The van der Waals surface area contributed by atoms with E-state index in [1.54, 1.807) is 78.9 Å². The van der Waals surface area contributed by atoms with Gasteiger partial charge in [-0.1, -0.05) is 48.5 Å². The Hall–Kier alpha value is -4.85. The summed E-state index contributed by atoms with van der Waals surface area (Å²) in [5, 5.41) is 2.68. The fraction of sp³-hybridized carbons (Fsp3) is 0.0741. The average Bonchev–Trinajstić information content (AvgIpc) is 3.34. The fourth-order valence-corrected chi connectivity index (χ4v) is 3.63. The lowest BCUT2D eigenvalue weighted by molar-refractivity contribution is -0.131. The highest BCUT2D eigenvalue weighted by Gasteiger charge is 2.32. The Morgan fingerprint density at radius 2 is 1.37 bits per heavy atom. The minimum Gasteiger partial charge on any atom is -0.456 e. The number of nitrogens with two attached hydrogens (primary N) is 2. The van der Waals surface area contributed by atoms with Gasteiger partial charge >= 0.3 is 0 Å². The number of amides is 3. The van der Waals surface area contributed by atoms with Crippen molar-refractivity contribution < 1.29 is 18.8 Å². The molecule has 1 aromatic heterocycles. The molecule has 0 saturated carbocycles. The molecule has 1 unspecified atom stereocenters. The van der Waals surface area contributed by atoms with Crippen molar-refractivity contribution in [1.29, 1.82) is 0 Å². The minimum absolute atomic E-state index is 0.0156. The Kier molecular flexibility index (Phi) is 6.92. The van der Waals surface area contributed by atoms with Gasteiger partial charge in [0.15, 0.2) is 5.76 Å². The van der Waals surface area contributed by atoms with Crippen LogP contribution in [0.5, 0.6) is 0 Å². The Labute approximate surface area is 202 Å². The van der Waals surface area contributed by atoms with Gasteiger partial charge in [0, 0.05) is 17.8 Å². The molecule has 1 heterocycles. The number of nitrogens with one attached hydrogen (secondary N) is 1. The number of rotatable bonds is 8. The van der Waals surface area contributed by atoms with Gasteiger partial charge in [-0.2, -0.15) is 0 Å². The second-order valence-corrected chi connectivity index (χ2v) is 7.81. The summed E-state index contributed by atoms with van der Waals surface area (Å²) >= 11 is 0. The second kappa shape index (κ2) is 10.4. The molecule has 0 radical (unpaired) electrons. The molecule has 0 aliphatic carbocycles. The maximum atomic E-state index is 13.6. The Morgan fingerprint density at radius 1 is 0.800 bits per heavy atom. The molecule has 8 nitrogen and oxygen atoms in total. The van der Waals surface area contributed by atoms with Crippen LogP contribution in [0.25, 0.3) is 0 Å². The fourth-order valence-electron chi connectivity index (χ4n) is 3.63. The van der Waals surface area contributed by atoms with Gasteiger partial charge in [-0.15, -0.1) is 0 Å². The topological polar surface area (TPSA) is 132 Å². The molecular weight excluding hydrogens is 444 g/mol. The molecule has 0 bridgehead atoms. The number of furan rings is 1. The van der Waals surface area contributed by atoms with Crippen LogP contribution in [0.1, 0.15) is 16.3 Å². The molecule has 0 aliphatic rings. The van der Waals surface area contributed by atoms with Crippen LogP contribution < -0.4 is 21.7 Å². The van der Waals surface area contributed by atoms with E-state index in [9.17, 15) is 14.4 Å². The Bertz CT molecular complexity index is 1300. The number of primary amides is 1. The van der Waals surface area contributed by atoms with Crippen molar-refractivity contribution in [2.45, 2.75) is 6.42 Å².